The Morgan fingerprint density at radius 3 is 2.58 bits per heavy atom. The Morgan fingerprint density at radius 1 is 1.19 bits per heavy atom. The first kappa shape index (κ1) is 21.7. The first-order chi connectivity index (χ1) is 14.8. The molecule has 0 saturated carbocycles. The van der Waals surface area contributed by atoms with E-state index in [0.29, 0.717) is 32.2 Å². The summed E-state index contributed by atoms with van der Waals surface area (Å²) >= 11 is 6.52. The Hall–Kier alpha value is -2.57. The third kappa shape index (κ3) is 4.86. The van der Waals surface area contributed by atoms with Crippen LogP contribution in [0.3, 0.4) is 0 Å². The second-order valence-electron chi connectivity index (χ2n) is 8.89. The second kappa shape index (κ2) is 8.89. The minimum absolute atomic E-state index is 0.242. The summed E-state index contributed by atoms with van der Waals surface area (Å²) in [4.78, 5) is 22.2. The molecule has 0 spiro atoms. The van der Waals surface area contributed by atoms with Crippen molar-refractivity contribution in [2.24, 2.45) is 11.8 Å². The normalized spacial score (nSPS) is 16.9. The summed E-state index contributed by atoms with van der Waals surface area (Å²) in [5.41, 5.74) is 5.26. The van der Waals surface area contributed by atoms with E-state index in [1.54, 1.807) is 0 Å². The summed E-state index contributed by atoms with van der Waals surface area (Å²) in [5, 5.41) is 9.84. The molecule has 1 saturated heterocycles. The van der Waals surface area contributed by atoms with Crippen LogP contribution in [0.15, 0.2) is 42.7 Å². The van der Waals surface area contributed by atoms with Crippen molar-refractivity contribution >= 4 is 28.9 Å². The quantitative estimate of drug-likeness (QED) is 0.683. The molecule has 1 fully saturated rings. The summed E-state index contributed by atoms with van der Waals surface area (Å²) in [5.74, 6) is -0.380. The van der Waals surface area contributed by atoms with E-state index in [0.717, 1.165) is 34.2 Å². The van der Waals surface area contributed by atoms with Crippen LogP contribution in [0.2, 0.25) is 5.02 Å². The Bertz CT molecular complexity index is 1000. The lowest BCUT2D eigenvalue weighted by Gasteiger charge is -2.36. The first-order valence-corrected chi connectivity index (χ1v) is 11.1. The molecular formula is C24H29ClN4O2. The largest absolute Gasteiger partial charge is 0.481 e. The Morgan fingerprint density at radius 2 is 1.94 bits per heavy atom. The molecule has 31 heavy (non-hydrogen) atoms. The zero-order valence-electron chi connectivity index (χ0n) is 18.3. The number of carboxylic acid groups (broad SMARTS) is 1. The number of hydrogen-bond acceptors (Lipinski definition) is 5. The minimum Gasteiger partial charge on any atom is -0.481 e. The van der Waals surface area contributed by atoms with Crippen LogP contribution in [0, 0.1) is 18.8 Å². The summed E-state index contributed by atoms with van der Waals surface area (Å²) < 4.78 is 0. The third-order valence-electron chi connectivity index (χ3n) is 5.84. The molecule has 6 nitrogen and oxygen atoms in total. The van der Waals surface area contributed by atoms with Crippen molar-refractivity contribution < 1.29 is 9.90 Å². The molecule has 0 amide bonds. The standard InChI is InChI=1S/C24H29ClN4O2/c1-16(2)10-18-4-6-21(11-22(18)25)28-8-9-29(15-28)23-7-5-20(26-17(23)3)14-27-12-19(13-27)24(30)31/h4-9,11,16,19H,10,12-15H2,1-3H3,(H,30,31). The zero-order chi connectivity index (χ0) is 22.1. The van der Waals surface area contributed by atoms with E-state index >= 15 is 0 Å². The van der Waals surface area contributed by atoms with Gasteiger partial charge in [-0.15, -0.1) is 0 Å². The van der Waals surface area contributed by atoms with E-state index in [4.69, 9.17) is 21.7 Å². The van der Waals surface area contributed by atoms with Gasteiger partial charge >= 0.3 is 5.97 Å². The van der Waals surface area contributed by atoms with Crippen molar-refractivity contribution in [3.8, 4) is 0 Å². The predicted octanol–water partition coefficient (Wildman–Crippen LogP) is 4.51. The molecule has 4 rings (SSSR count). The van der Waals surface area contributed by atoms with Crippen LogP contribution in [-0.2, 0) is 17.8 Å². The smallest absolute Gasteiger partial charge is 0.309 e. The lowest BCUT2D eigenvalue weighted by Crippen LogP contribution is -2.49. The van der Waals surface area contributed by atoms with Gasteiger partial charge in [0.05, 0.1) is 29.7 Å². The van der Waals surface area contributed by atoms with Crippen LogP contribution in [0.1, 0.15) is 30.8 Å². The second-order valence-corrected chi connectivity index (χ2v) is 9.30. The molecule has 0 atom stereocenters. The van der Waals surface area contributed by atoms with Crippen LogP contribution < -0.4 is 9.80 Å². The maximum Gasteiger partial charge on any atom is 0.309 e. The fraction of sp³-hybridized carbons (Fsp3) is 0.417. The van der Waals surface area contributed by atoms with E-state index in [1.165, 1.54) is 5.56 Å². The molecule has 2 aromatic rings. The fourth-order valence-electron chi connectivity index (χ4n) is 4.15. The maximum atomic E-state index is 11.0. The monoisotopic (exact) mass is 440 g/mol. The van der Waals surface area contributed by atoms with Gasteiger partial charge in [0.15, 0.2) is 0 Å². The number of carbonyl (C=O) groups is 1. The highest BCUT2D eigenvalue weighted by atomic mass is 35.5. The van der Waals surface area contributed by atoms with Crippen molar-refractivity contribution in [2.75, 3.05) is 29.6 Å². The van der Waals surface area contributed by atoms with E-state index in [-0.39, 0.29) is 5.92 Å². The third-order valence-corrected chi connectivity index (χ3v) is 6.20. The molecular weight excluding hydrogens is 412 g/mol. The van der Waals surface area contributed by atoms with Crippen molar-refractivity contribution in [3.63, 3.8) is 0 Å². The van der Waals surface area contributed by atoms with Crippen molar-refractivity contribution in [3.05, 3.63) is 64.7 Å². The minimum atomic E-state index is -0.711. The van der Waals surface area contributed by atoms with Gasteiger partial charge in [-0.05, 0) is 49.1 Å². The van der Waals surface area contributed by atoms with E-state index in [9.17, 15) is 4.79 Å². The number of benzene rings is 1. The highest BCUT2D eigenvalue weighted by Gasteiger charge is 2.32. The highest BCUT2D eigenvalue weighted by Crippen LogP contribution is 2.30. The number of pyridine rings is 1. The topological polar surface area (TPSA) is 59.9 Å². The molecule has 2 aliphatic rings. The maximum absolute atomic E-state index is 11.0. The molecule has 7 heteroatoms. The summed E-state index contributed by atoms with van der Waals surface area (Å²) in [6.07, 6.45) is 5.10. The van der Waals surface area contributed by atoms with E-state index < -0.39 is 5.97 Å². The lowest BCUT2D eigenvalue weighted by atomic mass is 10.0. The number of halogens is 1. The predicted molar refractivity (Wildman–Crippen MR) is 124 cm³/mol. The molecule has 1 aromatic carbocycles. The summed E-state index contributed by atoms with van der Waals surface area (Å²) in [7, 11) is 0. The summed E-state index contributed by atoms with van der Waals surface area (Å²) in [6.45, 7) is 9.00. The molecule has 1 N–H and O–H groups in total. The van der Waals surface area contributed by atoms with Gasteiger partial charge in [-0.25, -0.2) is 0 Å². The molecule has 0 radical (unpaired) electrons. The van der Waals surface area contributed by atoms with Gasteiger partial charge in [0.25, 0.3) is 0 Å². The van der Waals surface area contributed by atoms with Crippen molar-refractivity contribution in [1.82, 2.24) is 9.88 Å². The van der Waals surface area contributed by atoms with E-state index in [2.05, 4.69) is 59.1 Å². The number of likely N-dealkylation sites (tertiary alicyclic amines) is 1. The number of aryl methyl sites for hydroxylation is 1. The van der Waals surface area contributed by atoms with Gasteiger partial charge in [-0.1, -0.05) is 31.5 Å². The molecule has 0 aliphatic carbocycles. The van der Waals surface area contributed by atoms with Gasteiger partial charge in [0.1, 0.15) is 0 Å². The van der Waals surface area contributed by atoms with Gasteiger partial charge in [0, 0.05) is 42.7 Å². The van der Waals surface area contributed by atoms with Crippen LogP contribution in [-0.4, -0.2) is 40.7 Å². The van der Waals surface area contributed by atoms with Crippen LogP contribution in [0.25, 0.3) is 0 Å². The van der Waals surface area contributed by atoms with Gasteiger partial charge in [-0.2, -0.15) is 0 Å². The average molecular weight is 441 g/mol. The van der Waals surface area contributed by atoms with Crippen molar-refractivity contribution in [1.29, 1.82) is 0 Å². The van der Waals surface area contributed by atoms with Crippen LogP contribution in [0.4, 0.5) is 11.4 Å². The molecule has 3 heterocycles. The highest BCUT2D eigenvalue weighted by molar-refractivity contribution is 6.31. The number of rotatable bonds is 7. The molecule has 0 bridgehead atoms. The van der Waals surface area contributed by atoms with E-state index in [1.807, 2.05) is 19.1 Å². The fourth-order valence-corrected chi connectivity index (χ4v) is 4.40. The van der Waals surface area contributed by atoms with Gasteiger partial charge in [0.2, 0.25) is 0 Å². The number of anilines is 2. The van der Waals surface area contributed by atoms with Crippen molar-refractivity contribution in [2.45, 2.75) is 33.7 Å². The molecule has 0 unspecified atom stereocenters. The Balaban J connectivity index is 1.39. The Labute approximate surface area is 188 Å². The van der Waals surface area contributed by atoms with Gasteiger partial charge < -0.3 is 14.9 Å². The SMILES string of the molecule is Cc1nc(CN2CC(C(=O)O)C2)ccc1N1C=CN(c2ccc(CC(C)C)c(Cl)c2)C1. The summed E-state index contributed by atoms with van der Waals surface area (Å²) in [6, 6.07) is 10.4. The van der Waals surface area contributed by atoms with Crippen LogP contribution >= 0.6 is 11.6 Å². The lowest BCUT2D eigenvalue weighted by molar-refractivity contribution is -0.147. The number of nitrogens with zero attached hydrogens (tertiary/aromatic N) is 4. The number of aliphatic carboxylic acids is 1. The zero-order valence-corrected chi connectivity index (χ0v) is 19.0. The number of aromatic nitrogens is 1. The first-order valence-electron chi connectivity index (χ1n) is 10.7. The molecule has 1 aromatic heterocycles. The number of hydrogen-bond donors (Lipinski definition) is 1. The van der Waals surface area contributed by atoms with Gasteiger partial charge in [-0.3, -0.25) is 14.7 Å². The molecule has 2 aliphatic heterocycles. The molecule has 164 valence electrons. The Kier molecular flexibility index (Phi) is 6.21. The van der Waals surface area contributed by atoms with Crippen LogP contribution in [0.5, 0.6) is 0 Å². The average Bonchev–Trinajstić information content (AvgIpc) is 3.15. The number of carboxylic acids is 1.